The van der Waals surface area contributed by atoms with Crippen molar-refractivity contribution in [3.05, 3.63) is 11.1 Å². The third-order valence-corrected chi connectivity index (χ3v) is 7.74. The molecule has 4 aliphatic rings. The summed E-state index contributed by atoms with van der Waals surface area (Å²) in [5, 5.41) is 20.9. The monoisotopic (exact) mass is 300 g/mol. The maximum Gasteiger partial charge on any atom is 0.130 e. The van der Waals surface area contributed by atoms with Crippen LogP contribution in [0.3, 0.4) is 0 Å². The molecule has 4 aliphatic carbocycles. The van der Waals surface area contributed by atoms with Gasteiger partial charge in [-0.25, -0.2) is 0 Å². The van der Waals surface area contributed by atoms with Crippen LogP contribution in [0.2, 0.25) is 0 Å². The van der Waals surface area contributed by atoms with Crippen LogP contribution in [0, 0.1) is 35.5 Å². The molecule has 0 amide bonds. The number of terminal acetylenes is 1. The second-order valence-corrected chi connectivity index (χ2v) is 8.44. The van der Waals surface area contributed by atoms with Gasteiger partial charge in [-0.2, -0.15) is 0 Å². The van der Waals surface area contributed by atoms with Gasteiger partial charge in [0.25, 0.3) is 0 Å². The van der Waals surface area contributed by atoms with Crippen LogP contribution in [-0.2, 0) is 0 Å². The molecular formula is C20H28O2. The minimum atomic E-state index is -0.889. The molecule has 0 aromatic carbocycles. The molecule has 0 aromatic heterocycles. The summed E-state index contributed by atoms with van der Waals surface area (Å²) in [6.07, 6.45) is 15.0. The van der Waals surface area contributed by atoms with Crippen LogP contribution in [-0.4, -0.2) is 21.9 Å². The Hall–Kier alpha value is -0.780. The van der Waals surface area contributed by atoms with Gasteiger partial charge in [-0.1, -0.05) is 24.0 Å². The first-order valence-corrected chi connectivity index (χ1v) is 9.07. The first-order valence-electron chi connectivity index (χ1n) is 9.07. The Balaban J connectivity index is 1.66. The highest BCUT2D eigenvalue weighted by molar-refractivity contribution is 5.30. The molecule has 120 valence electrons. The van der Waals surface area contributed by atoms with E-state index in [4.69, 9.17) is 6.42 Å². The zero-order chi connectivity index (χ0) is 15.5. The van der Waals surface area contributed by atoms with E-state index in [1.807, 2.05) is 0 Å². The maximum absolute atomic E-state index is 10.9. The highest BCUT2D eigenvalue weighted by atomic mass is 16.3. The van der Waals surface area contributed by atoms with Crippen molar-refractivity contribution in [1.82, 2.24) is 0 Å². The predicted octanol–water partition coefficient (Wildman–Crippen LogP) is 3.43. The van der Waals surface area contributed by atoms with E-state index in [2.05, 4.69) is 12.8 Å². The standard InChI is InChI=1S/C20H28O2/c1-3-20(22)11-9-18-17-6-4-13-12-14(21)5-7-15(13)16(17)8-10-19(18,20)2/h1,14,16-18,21-22H,4-12H2,2H3/t14-,16+,17+,18-,19-,20-/m0/s1. The highest BCUT2D eigenvalue weighted by Gasteiger charge is 2.61. The van der Waals surface area contributed by atoms with Gasteiger partial charge < -0.3 is 10.2 Å². The van der Waals surface area contributed by atoms with Crippen molar-refractivity contribution in [1.29, 1.82) is 0 Å². The van der Waals surface area contributed by atoms with Gasteiger partial charge in [0.15, 0.2) is 0 Å². The summed E-state index contributed by atoms with van der Waals surface area (Å²) in [4.78, 5) is 0. The molecule has 2 heteroatoms. The van der Waals surface area contributed by atoms with Crippen LogP contribution >= 0.6 is 0 Å². The van der Waals surface area contributed by atoms with Gasteiger partial charge in [-0.15, -0.1) is 6.42 Å². The average Bonchev–Trinajstić information content (AvgIpc) is 2.79. The maximum atomic E-state index is 10.9. The molecule has 0 heterocycles. The number of rotatable bonds is 0. The van der Waals surface area contributed by atoms with E-state index < -0.39 is 5.60 Å². The number of aliphatic hydroxyl groups excluding tert-OH is 1. The molecule has 0 aliphatic heterocycles. The van der Waals surface area contributed by atoms with E-state index >= 15 is 0 Å². The average molecular weight is 300 g/mol. The summed E-state index contributed by atoms with van der Waals surface area (Å²) in [7, 11) is 0. The van der Waals surface area contributed by atoms with E-state index in [0.717, 1.165) is 44.9 Å². The van der Waals surface area contributed by atoms with Crippen LogP contribution < -0.4 is 0 Å². The lowest BCUT2D eigenvalue weighted by Gasteiger charge is -2.53. The van der Waals surface area contributed by atoms with Gasteiger partial charge >= 0.3 is 0 Å². The molecule has 6 atom stereocenters. The summed E-state index contributed by atoms with van der Waals surface area (Å²) in [6.45, 7) is 2.25. The fourth-order valence-electron chi connectivity index (χ4n) is 6.44. The zero-order valence-corrected chi connectivity index (χ0v) is 13.6. The summed E-state index contributed by atoms with van der Waals surface area (Å²) < 4.78 is 0. The molecule has 2 nitrogen and oxygen atoms in total. The van der Waals surface area contributed by atoms with E-state index in [9.17, 15) is 10.2 Å². The fourth-order valence-corrected chi connectivity index (χ4v) is 6.44. The van der Waals surface area contributed by atoms with E-state index in [1.165, 1.54) is 12.8 Å². The SMILES string of the molecule is C#C[C@]1(O)CC[C@H]2[C@@H]3CCC4=C(CC[C@H](O)C4)[C@H]3CC[C@@]21C. The second-order valence-electron chi connectivity index (χ2n) is 8.44. The number of hydrogen-bond acceptors (Lipinski definition) is 2. The lowest BCUT2D eigenvalue weighted by molar-refractivity contribution is -0.0714. The molecule has 22 heavy (non-hydrogen) atoms. The van der Waals surface area contributed by atoms with Crippen LogP contribution in [0.1, 0.15) is 64.7 Å². The van der Waals surface area contributed by atoms with E-state index in [-0.39, 0.29) is 11.5 Å². The van der Waals surface area contributed by atoms with Crippen LogP contribution in [0.15, 0.2) is 11.1 Å². The smallest absolute Gasteiger partial charge is 0.130 e. The summed E-state index contributed by atoms with van der Waals surface area (Å²) >= 11 is 0. The number of aliphatic hydroxyl groups is 2. The van der Waals surface area contributed by atoms with Gasteiger partial charge in [0.2, 0.25) is 0 Å². The van der Waals surface area contributed by atoms with Crippen molar-refractivity contribution in [3.8, 4) is 12.3 Å². The fraction of sp³-hybridized carbons (Fsp3) is 0.800. The van der Waals surface area contributed by atoms with Crippen molar-refractivity contribution in [3.63, 3.8) is 0 Å². The normalized spacial score (nSPS) is 50.8. The predicted molar refractivity (Wildman–Crippen MR) is 86.9 cm³/mol. The third kappa shape index (κ3) is 1.82. The minimum Gasteiger partial charge on any atom is -0.393 e. The molecule has 4 rings (SSSR count). The summed E-state index contributed by atoms with van der Waals surface area (Å²) in [5.74, 6) is 4.73. The van der Waals surface area contributed by atoms with Gasteiger partial charge in [-0.3, -0.25) is 0 Å². The Morgan fingerprint density at radius 3 is 2.73 bits per heavy atom. The molecule has 0 aromatic rings. The van der Waals surface area contributed by atoms with E-state index in [1.54, 1.807) is 11.1 Å². The Labute approximate surface area is 134 Å². The number of fused-ring (bicyclic) bond motifs is 4. The van der Waals surface area contributed by atoms with Gasteiger partial charge in [0.05, 0.1) is 6.10 Å². The molecule has 2 fully saturated rings. The molecule has 0 saturated heterocycles. The van der Waals surface area contributed by atoms with E-state index in [0.29, 0.717) is 17.8 Å². The number of hydrogen-bond donors (Lipinski definition) is 2. The van der Waals surface area contributed by atoms with Gasteiger partial charge in [-0.05, 0) is 75.5 Å². The van der Waals surface area contributed by atoms with Crippen LogP contribution in [0.4, 0.5) is 0 Å². The number of allylic oxidation sites excluding steroid dienone is 1. The van der Waals surface area contributed by atoms with Crippen molar-refractivity contribution in [2.24, 2.45) is 23.2 Å². The molecule has 0 bridgehead atoms. The topological polar surface area (TPSA) is 40.5 Å². The zero-order valence-electron chi connectivity index (χ0n) is 13.6. The van der Waals surface area contributed by atoms with Crippen molar-refractivity contribution in [2.45, 2.75) is 76.4 Å². The van der Waals surface area contributed by atoms with Crippen LogP contribution in [0.25, 0.3) is 0 Å². The largest absolute Gasteiger partial charge is 0.393 e. The minimum absolute atomic E-state index is 0.0881. The van der Waals surface area contributed by atoms with Crippen molar-refractivity contribution >= 4 is 0 Å². The molecular weight excluding hydrogens is 272 g/mol. The van der Waals surface area contributed by atoms with Gasteiger partial charge in [0.1, 0.15) is 5.60 Å². The lowest BCUT2D eigenvalue weighted by Crippen LogP contribution is -2.50. The summed E-state index contributed by atoms with van der Waals surface area (Å²) in [6, 6.07) is 0. The first kappa shape index (κ1) is 14.8. The highest BCUT2D eigenvalue weighted by Crippen LogP contribution is 2.64. The Morgan fingerprint density at radius 2 is 1.95 bits per heavy atom. The van der Waals surface area contributed by atoms with Crippen molar-refractivity contribution in [2.75, 3.05) is 0 Å². The molecule has 0 spiro atoms. The quantitative estimate of drug-likeness (QED) is 0.531. The summed E-state index contributed by atoms with van der Waals surface area (Å²) in [5.41, 5.74) is 2.27. The molecule has 2 N–H and O–H groups in total. The van der Waals surface area contributed by atoms with Gasteiger partial charge in [0, 0.05) is 5.41 Å². The lowest BCUT2D eigenvalue weighted by atomic mass is 9.52. The molecule has 0 radical (unpaired) electrons. The Morgan fingerprint density at radius 1 is 1.14 bits per heavy atom. The van der Waals surface area contributed by atoms with Crippen LogP contribution in [0.5, 0.6) is 0 Å². The first-order chi connectivity index (χ1) is 10.5. The third-order valence-electron chi connectivity index (χ3n) is 7.74. The van der Waals surface area contributed by atoms with Crippen molar-refractivity contribution < 1.29 is 10.2 Å². The second kappa shape index (κ2) is 4.86. The molecule has 2 saturated carbocycles. The Bertz CT molecular complexity index is 557. The molecule has 0 unspecified atom stereocenters. The Kier molecular flexibility index (Phi) is 3.26.